The first-order chi connectivity index (χ1) is 13.7. The normalized spacial score (nSPS) is 11.1. The van der Waals surface area contributed by atoms with Gasteiger partial charge in [0.05, 0.1) is 36.8 Å². The number of nitrogens with zero attached hydrogens (tertiary/aromatic N) is 5. The molecule has 0 saturated carbocycles. The number of rotatable bonds is 7. The maximum absolute atomic E-state index is 12.4. The van der Waals surface area contributed by atoms with E-state index in [1.54, 1.807) is 37.7 Å². The zero-order valence-corrected chi connectivity index (χ0v) is 16.4. The molecule has 0 aliphatic carbocycles. The predicted molar refractivity (Wildman–Crippen MR) is 108 cm³/mol. The number of para-hydroxylation sites is 2. The lowest BCUT2D eigenvalue weighted by molar-refractivity contribution is 0.102. The van der Waals surface area contributed by atoms with E-state index in [0.29, 0.717) is 23.0 Å². The lowest BCUT2D eigenvalue weighted by atomic mass is 10.1. The highest BCUT2D eigenvalue weighted by Gasteiger charge is 2.14. The van der Waals surface area contributed by atoms with Crippen LogP contribution in [0.1, 0.15) is 16.2 Å². The number of Topliss-reactive ketones (excluding diaryl/α,β-unsaturated/α-hetero) is 1. The van der Waals surface area contributed by atoms with Gasteiger partial charge in [0.25, 0.3) is 0 Å². The van der Waals surface area contributed by atoms with E-state index in [0.717, 1.165) is 22.6 Å². The molecule has 4 aromatic rings. The average molecular weight is 393 g/mol. The van der Waals surface area contributed by atoms with Crippen molar-refractivity contribution in [3.63, 3.8) is 0 Å². The van der Waals surface area contributed by atoms with Crippen LogP contribution >= 0.6 is 11.8 Å². The van der Waals surface area contributed by atoms with Gasteiger partial charge in [0.1, 0.15) is 5.75 Å². The van der Waals surface area contributed by atoms with Crippen molar-refractivity contribution in [1.29, 1.82) is 0 Å². The number of aromatic nitrogens is 5. The van der Waals surface area contributed by atoms with Crippen LogP contribution in [0.4, 0.5) is 0 Å². The fraction of sp³-hybridized carbons (Fsp3) is 0.200. The molecule has 0 fully saturated rings. The summed E-state index contributed by atoms with van der Waals surface area (Å²) in [6.07, 6.45) is 1.80. The van der Waals surface area contributed by atoms with Gasteiger partial charge in [-0.25, -0.2) is 4.98 Å². The van der Waals surface area contributed by atoms with Crippen LogP contribution < -0.4 is 4.74 Å². The number of carbonyl (C=O) groups excluding carboxylic acids is 1. The number of ether oxygens (including phenoxy) is 1. The highest BCUT2D eigenvalue weighted by atomic mass is 32.2. The topological polar surface area (TPSA) is 74.8 Å². The molecule has 0 amide bonds. The summed E-state index contributed by atoms with van der Waals surface area (Å²) in [7, 11) is 3.51. The Hall–Kier alpha value is -3.13. The van der Waals surface area contributed by atoms with Crippen molar-refractivity contribution < 1.29 is 9.53 Å². The third-order valence-electron chi connectivity index (χ3n) is 4.51. The summed E-state index contributed by atoms with van der Waals surface area (Å²) >= 11 is 1.38. The smallest absolute Gasteiger partial charge is 0.191 e. The molecule has 8 heteroatoms. The quantitative estimate of drug-likeness (QED) is 0.355. The van der Waals surface area contributed by atoms with Gasteiger partial charge in [-0.05, 0) is 36.4 Å². The van der Waals surface area contributed by atoms with E-state index in [-0.39, 0.29) is 5.78 Å². The summed E-state index contributed by atoms with van der Waals surface area (Å²) in [5.74, 6) is 1.88. The molecular weight excluding hydrogens is 374 g/mol. The van der Waals surface area contributed by atoms with Crippen LogP contribution in [0, 0.1) is 0 Å². The number of carbonyl (C=O) groups is 1. The van der Waals surface area contributed by atoms with Crippen molar-refractivity contribution in [2.45, 2.75) is 11.7 Å². The minimum Gasteiger partial charge on any atom is -0.497 e. The van der Waals surface area contributed by atoms with Gasteiger partial charge in [0.15, 0.2) is 16.8 Å². The Labute approximate surface area is 166 Å². The lowest BCUT2D eigenvalue weighted by Crippen LogP contribution is -2.07. The van der Waals surface area contributed by atoms with Crippen molar-refractivity contribution in [1.82, 2.24) is 24.3 Å². The molecule has 7 nitrogen and oxygen atoms in total. The first kappa shape index (κ1) is 18.2. The summed E-state index contributed by atoms with van der Waals surface area (Å²) < 4.78 is 9.08. The molecule has 2 aromatic heterocycles. The van der Waals surface area contributed by atoms with Crippen molar-refractivity contribution in [2.24, 2.45) is 7.05 Å². The number of hydrogen-bond acceptors (Lipinski definition) is 6. The van der Waals surface area contributed by atoms with Crippen molar-refractivity contribution >= 4 is 28.6 Å². The Morgan fingerprint density at radius 2 is 1.89 bits per heavy atom. The van der Waals surface area contributed by atoms with Gasteiger partial charge in [-0.15, -0.1) is 10.2 Å². The Bertz CT molecular complexity index is 1120. The van der Waals surface area contributed by atoms with Crippen LogP contribution in [0.5, 0.6) is 5.75 Å². The standard InChI is InChI=1S/C20H19N5O2S/c1-24-19(11-25-13-21-16-5-3-4-6-17(16)25)22-23-20(24)28-12-18(26)14-7-9-15(27-2)10-8-14/h3-10,13H,11-12H2,1-2H3. The molecule has 0 aliphatic rings. The van der Waals surface area contributed by atoms with Gasteiger partial charge in [-0.1, -0.05) is 23.9 Å². The molecule has 0 aliphatic heterocycles. The lowest BCUT2D eigenvalue weighted by Gasteiger charge is -2.06. The molecule has 0 spiro atoms. The Balaban J connectivity index is 1.44. The number of ketones is 1. The molecule has 0 N–H and O–H groups in total. The highest BCUT2D eigenvalue weighted by Crippen LogP contribution is 2.20. The molecule has 0 bridgehead atoms. The highest BCUT2D eigenvalue weighted by molar-refractivity contribution is 7.99. The molecule has 28 heavy (non-hydrogen) atoms. The van der Waals surface area contributed by atoms with Crippen LogP contribution in [0.15, 0.2) is 60.0 Å². The molecule has 2 aromatic carbocycles. The average Bonchev–Trinajstić information content (AvgIpc) is 3.30. The van der Waals surface area contributed by atoms with Crippen LogP contribution in [-0.4, -0.2) is 43.0 Å². The first-order valence-corrected chi connectivity index (χ1v) is 9.72. The molecule has 0 saturated heterocycles. The van der Waals surface area contributed by atoms with Crippen LogP contribution in [0.25, 0.3) is 11.0 Å². The Morgan fingerprint density at radius 3 is 2.68 bits per heavy atom. The molecule has 2 heterocycles. The van der Waals surface area contributed by atoms with E-state index in [2.05, 4.69) is 15.2 Å². The second kappa shape index (κ2) is 7.85. The molecule has 0 radical (unpaired) electrons. The maximum atomic E-state index is 12.4. The maximum Gasteiger partial charge on any atom is 0.191 e. The summed E-state index contributed by atoms with van der Waals surface area (Å²) in [4.78, 5) is 16.8. The van der Waals surface area contributed by atoms with Crippen molar-refractivity contribution in [2.75, 3.05) is 12.9 Å². The molecule has 4 rings (SSSR count). The molecular formula is C20H19N5O2S. The van der Waals surface area contributed by atoms with Crippen molar-refractivity contribution in [3.05, 3.63) is 66.2 Å². The van der Waals surface area contributed by atoms with E-state index in [9.17, 15) is 4.79 Å². The Kier molecular flexibility index (Phi) is 5.12. The minimum atomic E-state index is 0.0396. The van der Waals surface area contributed by atoms with E-state index < -0.39 is 0 Å². The first-order valence-electron chi connectivity index (χ1n) is 8.74. The largest absolute Gasteiger partial charge is 0.497 e. The monoisotopic (exact) mass is 393 g/mol. The second-order valence-corrected chi connectivity index (χ2v) is 7.20. The van der Waals surface area contributed by atoms with Gasteiger partial charge in [-0.2, -0.15) is 0 Å². The van der Waals surface area contributed by atoms with Gasteiger partial charge in [0.2, 0.25) is 0 Å². The predicted octanol–water partition coefficient (Wildman–Crippen LogP) is 3.20. The number of fused-ring (bicyclic) bond motifs is 1. The Morgan fingerprint density at radius 1 is 1.11 bits per heavy atom. The van der Waals surface area contributed by atoms with E-state index in [4.69, 9.17) is 4.74 Å². The summed E-state index contributed by atoms with van der Waals surface area (Å²) in [6.45, 7) is 0.566. The van der Waals surface area contributed by atoms with Gasteiger partial charge >= 0.3 is 0 Å². The number of hydrogen-bond donors (Lipinski definition) is 0. The molecule has 0 atom stereocenters. The molecule has 0 unspecified atom stereocenters. The van der Waals surface area contributed by atoms with Crippen LogP contribution in [0.3, 0.4) is 0 Å². The minimum absolute atomic E-state index is 0.0396. The van der Waals surface area contributed by atoms with E-state index >= 15 is 0 Å². The summed E-state index contributed by atoms with van der Waals surface area (Å²) in [5, 5.41) is 9.24. The molecule has 142 valence electrons. The van der Waals surface area contributed by atoms with Crippen molar-refractivity contribution in [3.8, 4) is 5.75 Å². The van der Waals surface area contributed by atoms with Gasteiger partial charge in [0, 0.05) is 12.6 Å². The zero-order valence-electron chi connectivity index (χ0n) is 15.6. The third kappa shape index (κ3) is 3.63. The fourth-order valence-electron chi connectivity index (χ4n) is 2.89. The summed E-state index contributed by atoms with van der Waals surface area (Å²) in [5.41, 5.74) is 2.65. The van der Waals surface area contributed by atoms with Crippen LogP contribution in [0.2, 0.25) is 0 Å². The third-order valence-corrected chi connectivity index (χ3v) is 5.53. The van der Waals surface area contributed by atoms with Gasteiger partial charge in [-0.3, -0.25) is 4.79 Å². The van der Waals surface area contributed by atoms with E-state index in [1.807, 2.05) is 40.4 Å². The number of imidazole rings is 1. The van der Waals surface area contributed by atoms with Gasteiger partial charge < -0.3 is 13.9 Å². The summed E-state index contributed by atoms with van der Waals surface area (Å²) in [6, 6.07) is 15.1. The number of benzene rings is 2. The van der Waals surface area contributed by atoms with Crippen LogP contribution in [-0.2, 0) is 13.6 Å². The SMILES string of the molecule is COc1ccc(C(=O)CSc2nnc(Cn3cnc4ccccc43)n2C)cc1. The number of methoxy groups -OCH3 is 1. The zero-order chi connectivity index (χ0) is 19.5. The second-order valence-electron chi connectivity index (χ2n) is 6.26. The number of thioether (sulfide) groups is 1. The van der Waals surface area contributed by atoms with E-state index in [1.165, 1.54) is 11.8 Å². The fourth-order valence-corrected chi connectivity index (χ4v) is 3.71.